The number of amides is 1. The zero-order valence-corrected chi connectivity index (χ0v) is 8.19. The number of alkyl halides is 1. The zero-order chi connectivity index (χ0) is 9.90. The highest BCUT2D eigenvalue weighted by Crippen LogP contribution is 2.07. The number of hydrogen-bond acceptors (Lipinski definition) is 4. The van der Waals surface area contributed by atoms with Gasteiger partial charge in [-0.3, -0.25) is 4.79 Å². The number of halogens is 1. The van der Waals surface area contributed by atoms with Crippen LogP contribution in [0.3, 0.4) is 0 Å². The molecule has 6 heteroatoms. The van der Waals surface area contributed by atoms with Crippen molar-refractivity contribution in [1.82, 2.24) is 14.9 Å². The summed E-state index contributed by atoms with van der Waals surface area (Å²) in [5.41, 5.74) is -1.20. The van der Waals surface area contributed by atoms with E-state index in [9.17, 15) is 9.18 Å². The first-order valence-corrected chi connectivity index (χ1v) is 4.57. The Labute approximate surface area is 79.3 Å². The summed E-state index contributed by atoms with van der Waals surface area (Å²) in [5, 5.41) is 7.82. The Morgan fingerprint density at radius 1 is 1.77 bits per heavy atom. The van der Waals surface area contributed by atoms with Gasteiger partial charge in [0.2, 0.25) is 0 Å². The van der Waals surface area contributed by atoms with E-state index in [1.54, 1.807) is 5.38 Å². The molecule has 0 aliphatic carbocycles. The first-order chi connectivity index (χ1) is 6.00. The van der Waals surface area contributed by atoms with Crippen molar-refractivity contribution in [3.05, 3.63) is 11.1 Å². The van der Waals surface area contributed by atoms with E-state index in [1.807, 2.05) is 0 Å². The lowest BCUT2D eigenvalue weighted by molar-refractivity contribution is -0.130. The van der Waals surface area contributed by atoms with Gasteiger partial charge in [0.05, 0.1) is 12.2 Å². The second-order valence-electron chi connectivity index (χ2n) is 3.05. The lowest BCUT2D eigenvalue weighted by atomic mass is 10.1. The molecular weight excluding hydrogens is 193 g/mol. The maximum atomic E-state index is 13.0. The maximum absolute atomic E-state index is 13.0. The van der Waals surface area contributed by atoms with Crippen LogP contribution in [0.25, 0.3) is 0 Å². The molecule has 0 spiro atoms. The Bertz CT molecular complexity index is 280. The van der Waals surface area contributed by atoms with Gasteiger partial charge in [0.15, 0.2) is 5.67 Å². The molecule has 0 fully saturated rings. The predicted octanol–water partition coefficient (Wildman–Crippen LogP) is 0.902. The van der Waals surface area contributed by atoms with Gasteiger partial charge in [-0.2, -0.15) is 0 Å². The van der Waals surface area contributed by atoms with Gasteiger partial charge in [-0.25, -0.2) is 4.39 Å². The number of rotatable bonds is 3. The Morgan fingerprint density at radius 2 is 2.46 bits per heavy atom. The summed E-state index contributed by atoms with van der Waals surface area (Å²) >= 11 is 1.19. The van der Waals surface area contributed by atoms with Crippen molar-refractivity contribution < 1.29 is 9.18 Å². The fraction of sp³-hybridized carbons (Fsp3) is 0.571. The standard InChI is InChI=1S/C7H10FN3OS/c1-7(2,8)6(12)9-3-5-4-13-11-10-5/h4H,3H2,1-2H3,(H,9,12). The molecule has 0 bridgehead atoms. The smallest absolute Gasteiger partial charge is 0.257 e. The van der Waals surface area contributed by atoms with Crippen LogP contribution < -0.4 is 5.32 Å². The number of nitrogens with zero attached hydrogens (tertiary/aromatic N) is 2. The summed E-state index contributed by atoms with van der Waals surface area (Å²) in [7, 11) is 0. The van der Waals surface area contributed by atoms with Crippen molar-refractivity contribution in [2.24, 2.45) is 0 Å². The SMILES string of the molecule is CC(C)(F)C(=O)NCc1csnn1. The van der Waals surface area contributed by atoms with E-state index < -0.39 is 11.6 Å². The topological polar surface area (TPSA) is 54.9 Å². The molecule has 0 radical (unpaired) electrons. The van der Waals surface area contributed by atoms with Gasteiger partial charge in [0, 0.05) is 5.38 Å². The van der Waals surface area contributed by atoms with Crippen LogP contribution in [0.5, 0.6) is 0 Å². The molecule has 1 N–H and O–H groups in total. The number of nitrogens with one attached hydrogen (secondary N) is 1. The highest BCUT2D eigenvalue weighted by atomic mass is 32.1. The average molecular weight is 203 g/mol. The van der Waals surface area contributed by atoms with Crippen LogP contribution in [0.15, 0.2) is 5.38 Å². The first kappa shape index (κ1) is 10.0. The average Bonchev–Trinajstić information content (AvgIpc) is 2.50. The van der Waals surface area contributed by atoms with E-state index in [-0.39, 0.29) is 6.54 Å². The van der Waals surface area contributed by atoms with Crippen LogP contribution in [0, 0.1) is 0 Å². The summed E-state index contributed by atoms with van der Waals surface area (Å²) in [4.78, 5) is 11.0. The number of aromatic nitrogens is 2. The molecule has 0 unspecified atom stereocenters. The largest absolute Gasteiger partial charge is 0.348 e. The minimum atomic E-state index is -1.84. The minimum absolute atomic E-state index is 0.225. The molecule has 13 heavy (non-hydrogen) atoms. The van der Waals surface area contributed by atoms with Crippen LogP contribution in [0.2, 0.25) is 0 Å². The molecule has 1 aromatic heterocycles. The summed E-state index contributed by atoms with van der Waals surface area (Å²) in [5.74, 6) is -0.638. The predicted molar refractivity (Wildman–Crippen MR) is 46.9 cm³/mol. The molecule has 0 aliphatic heterocycles. The third-order valence-corrected chi connectivity index (χ3v) is 1.93. The van der Waals surface area contributed by atoms with Crippen LogP contribution in [0.1, 0.15) is 19.5 Å². The summed E-state index contributed by atoms with van der Waals surface area (Å²) in [6, 6.07) is 0. The van der Waals surface area contributed by atoms with Gasteiger partial charge in [0.1, 0.15) is 0 Å². The first-order valence-electron chi connectivity index (χ1n) is 3.73. The van der Waals surface area contributed by atoms with Gasteiger partial charge >= 0.3 is 0 Å². The van der Waals surface area contributed by atoms with Crippen LogP contribution in [-0.4, -0.2) is 21.2 Å². The molecule has 0 aromatic carbocycles. The highest BCUT2D eigenvalue weighted by molar-refractivity contribution is 7.03. The Hall–Kier alpha value is -1.04. The van der Waals surface area contributed by atoms with Gasteiger partial charge < -0.3 is 5.32 Å². The zero-order valence-electron chi connectivity index (χ0n) is 7.37. The molecule has 1 heterocycles. The van der Waals surface area contributed by atoms with E-state index in [1.165, 1.54) is 25.4 Å². The summed E-state index contributed by atoms with van der Waals surface area (Å²) < 4.78 is 16.6. The quantitative estimate of drug-likeness (QED) is 0.794. The maximum Gasteiger partial charge on any atom is 0.257 e. The van der Waals surface area contributed by atoms with Gasteiger partial charge in [-0.1, -0.05) is 4.49 Å². The van der Waals surface area contributed by atoms with Crippen LogP contribution in [-0.2, 0) is 11.3 Å². The van der Waals surface area contributed by atoms with Crippen LogP contribution >= 0.6 is 11.5 Å². The summed E-state index contributed by atoms with van der Waals surface area (Å²) in [6.45, 7) is 2.64. The van der Waals surface area contributed by atoms with E-state index in [0.29, 0.717) is 5.69 Å². The molecule has 0 aliphatic rings. The number of carbonyl (C=O) groups excluding carboxylic acids is 1. The fourth-order valence-corrected chi connectivity index (χ4v) is 1.09. The van der Waals surface area contributed by atoms with Crippen molar-refractivity contribution in [2.45, 2.75) is 26.1 Å². The van der Waals surface area contributed by atoms with E-state index in [0.717, 1.165) is 0 Å². The third-order valence-electron chi connectivity index (χ3n) is 1.38. The number of carbonyl (C=O) groups is 1. The lowest BCUT2D eigenvalue weighted by Gasteiger charge is -2.12. The van der Waals surface area contributed by atoms with Crippen molar-refractivity contribution in [2.75, 3.05) is 0 Å². The van der Waals surface area contributed by atoms with E-state index >= 15 is 0 Å². The van der Waals surface area contributed by atoms with Crippen LogP contribution in [0.4, 0.5) is 4.39 Å². The minimum Gasteiger partial charge on any atom is -0.348 e. The molecule has 4 nitrogen and oxygen atoms in total. The molecule has 1 amide bonds. The van der Waals surface area contributed by atoms with Gasteiger partial charge in [-0.05, 0) is 25.4 Å². The van der Waals surface area contributed by atoms with Gasteiger partial charge in [-0.15, -0.1) is 5.10 Å². The molecule has 1 rings (SSSR count). The molecule has 0 saturated heterocycles. The highest BCUT2D eigenvalue weighted by Gasteiger charge is 2.25. The number of hydrogen-bond donors (Lipinski definition) is 1. The Morgan fingerprint density at radius 3 is 2.92 bits per heavy atom. The van der Waals surface area contributed by atoms with Crippen molar-refractivity contribution in [3.8, 4) is 0 Å². The monoisotopic (exact) mass is 203 g/mol. The van der Waals surface area contributed by atoms with Crippen molar-refractivity contribution >= 4 is 17.4 Å². The van der Waals surface area contributed by atoms with E-state index in [2.05, 4.69) is 14.9 Å². The summed E-state index contributed by atoms with van der Waals surface area (Å²) in [6.07, 6.45) is 0. The normalized spacial score (nSPS) is 11.3. The van der Waals surface area contributed by atoms with Gasteiger partial charge in [0.25, 0.3) is 5.91 Å². The Kier molecular flexibility index (Phi) is 2.92. The van der Waals surface area contributed by atoms with E-state index in [4.69, 9.17) is 0 Å². The lowest BCUT2D eigenvalue weighted by Crippen LogP contribution is -2.38. The molecular formula is C7H10FN3OS. The molecule has 0 saturated carbocycles. The Balaban J connectivity index is 2.40. The van der Waals surface area contributed by atoms with Crippen molar-refractivity contribution in [1.29, 1.82) is 0 Å². The molecule has 0 atom stereocenters. The fourth-order valence-electron chi connectivity index (χ4n) is 0.642. The van der Waals surface area contributed by atoms with Crippen molar-refractivity contribution in [3.63, 3.8) is 0 Å². The third kappa shape index (κ3) is 3.06. The molecule has 72 valence electrons. The second-order valence-corrected chi connectivity index (χ2v) is 3.66. The molecule has 1 aromatic rings. The second kappa shape index (κ2) is 3.78.